The van der Waals surface area contributed by atoms with Gasteiger partial charge in [-0.05, 0) is 29.8 Å². The van der Waals surface area contributed by atoms with Crippen LogP contribution in [0.2, 0.25) is 0 Å². The quantitative estimate of drug-likeness (QED) is 0.891. The summed E-state index contributed by atoms with van der Waals surface area (Å²) in [5.41, 5.74) is 1.33. The van der Waals surface area contributed by atoms with E-state index < -0.39 is 12.5 Å². The molecule has 0 fully saturated rings. The van der Waals surface area contributed by atoms with Crippen LogP contribution in [0.25, 0.3) is 0 Å². The van der Waals surface area contributed by atoms with E-state index in [0.717, 1.165) is 11.4 Å². The number of nitriles is 1. The molecule has 0 amide bonds. The van der Waals surface area contributed by atoms with Crippen molar-refractivity contribution in [2.75, 3.05) is 12.4 Å². The Labute approximate surface area is 121 Å². The number of hydrogen-bond donors (Lipinski definition) is 1. The minimum Gasteiger partial charge on any atom is -0.497 e. The average molecular weight is 288 g/mol. The van der Waals surface area contributed by atoms with E-state index in [0.29, 0.717) is 5.56 Å². The molecule has 0 aliphatic rings. The second-order valence-electron chi connectivity index (χ2n) is 4.40. The number of rotatable bonds is 5. The zero-order valence-electron chi connectivity index (χ0n) is 11.4. The highest BCUT2D eigenvalue weighted by molar-refractivity contribution is 5.50. The van der Waals surface area contributed by atoms with Crippen LogP contribution >= 0.6 is 0 Å². The molecule has 0 aromatic heterocycles. The van der Waals surface area contributed by atoms with Gasteiger partial charge in [0, 0.05) is 11.3 Å². The van der Waals surface area contributed by atoms with E-state index in [-0.39, 0.29) is 5.56 Å². The van der Waals surface area contributed by atoms with E-state index in [9.17, 15) is 14.0 Å². The maximum absolute atomic E-state index is 12.5. The fourth-order valence-corrected chi connectivity index (χ4v) is 1.88. The molecular formula is C16H14F2N2O. The Morgan fingerprint density at radius 2 is 1.57 bits per heavy atom. The molecule has 0 spiro atoms. The summed E-state index contributed by atoms with van der Waals surface area (Å²) in [6, 6.07) is 14.4. The molecule has 2 aromatic rings. The lowest BCUT2D eigenvalue weighted by atomic mass is 10.1. The number of anilines is 1. The van der Waals surface area contributed by atoms with Crippen LogP contribution in [0.5, 0.6) is 5.75 Å². The van der Waals surface area contributed by atoms with Crippen LogP contribution in [0, 0.1) is 11.3 Å². The van der Waals surface area contributed by atoms with Crippen molar-refractivity contribution in [2.24, 2.45) is 0 Å². The molecule has 2 rings (SSSR count). The summed E-state index contributed by atoms with van der Waals surface area (Å²) < 4.78 is 30.1. The second kappa shape index (κ2) is 6.71. The molecule has 0 saturated heterocycles. The Hall–Kier alpha value is -2.61. The molecule has 0 heterocycles. The predicted molar refractivity (Wildman–Crippen MR) is 76.4 cm³/mol. The van der Waals surface area contributed by atoms with E-state index >= 15 is 0 Å². The standard InChI is InChI=1S/C16H14F2N2O/c1-21-14-8-6-13(7-9-14)20-15(10-19)11-2-4-12(5-3-11)16(17)18/h2-9,15-16,20H,1H3. The second-order valence-corrected chi connectivity index (χ2v) is 4.40. The molecule has 0 aliphatic carbocycles. The zero-order chi connectivity index (χ0) is 15.2. The molecule has 1 atom stereocenters. The van der Waals surface area contributed by atoms with Crippen molar-refractivity contribution in [2.45, 2.75) is 12.5 Å². The van der Waals surface area contributed by atoms with Gasteiger partial charge in [0.05, 0.1) is 13.2 Å². The Morgan fingerprint density at radius 1 is 1.00 bits per heavy atom. The third kappa shape index (κ3) is 3.69. The topological polar surface area (TPSA) is 45.0 Å². The third-order valence-corrected chi connectivity index (χ3v) is 3.05. The molecule has 21 heavy (non-hydrogen) atoms. The lowest BCUT2D eigenvalue weighted by molar-refractivity contribution is 0.151. The highest BCUT2D eigenvalue weighted by atomic mass is 19.3. The van der Waals surface area contributed by atoms with Gasteiger partial charge in [-0.1, -0.05) is 24.3 Å². The summed E-state index contributed by atoms with van der Waals surface area (Å²) in [5, 5.41) is 12.3. The number of alkyl halides is 2. The molecular weight excluding hydrogens is 274 g/mol. The van der Waals surface area contributed by atoms with Crippen molar-refractivity contribution in [3.05, 3.63) is 59.7 Å². The number of nitrogens with one attached hydrogen (secondary N) is 1. The van der Waals surface area contributed by atoms with Gasteiger partial charge in [0.1, 0.15) is 11.8 Å². The lowest BCUT2D eigenvalue weighted by Gasteiger charge is -2.14. The summed E-state index contributed by atoms with van der Waals surface area (Å²) in [6.45, 7) is 0. The van der Waals surface area contributed by atoms with E-state index in [1.54, 1.807) is 31.4 Å². The molecule has 2 aromatic carbocycles. The average Bonchev–Trinajstić information content (AvgIpc) is 2.53. The van der Waals surface area contributed by atoms with Gasteiger partial charge in [-0.2, -0.15) is 5.26 Å². The molecule has 1 N–H and O–H groups in total. The Morgan fingerprint density at radius 3 is 2.05 bits per heavy atom. The van der Waals surface area contributed by atoms with Crippen molar-refractivity contribution in [1.82, 2.24) is 0 Å². The van der Waals surface area contributed by atoms with Crippen molar-refractivity contribution in [3.63, 3.8) is 0 Å². The largest absolute Gasteiger partial charge is 0.497 e. The van der Waals surface area contributed by atoms with Crippen molar-refractivity contribution in [3.8, 4) is 11.8 Å². The number of ether oxygens (including phenoxy) is 1. The minimum atomic E-state index is -2.51. The Bertz CT molecular complexity index is 618. The maximum Gasteiger partial charge on any atom is 0.263 e. The molecule has 0 saturated carbocycles. The number of halogens is 2. The lowest BCUT2D eigenvalue weighted by Crippen LogP contribution is -2.08. The molecule has 0 radical (unpaired) electrons. The fraction of sp³-hybridized carbons (Fsp3) is 0.188. The molecule has 5 heteroatoms. The maximum atomic E-state index is 12.5. The van der Waals surface area contributed by atoms with Crippen LogP contribution < -0.4 is 10.1 Å². The van der Waals surface area contributed by atoms with Crippen molar-refractivity contribution >= 4 is 5.69 Å². The summed E-state index contributed by atoms with van der Waals surface area (Å²) in [4.78, 5) is 0. The minimum absolute atomic E-state index is 0.0557. The van der Waals surface area contributed by atoms with Crippen LogP contribution in [-0.4, -0.2) is 7.11 Å². The van der Waals surface area contributed by atoms with Gasteiger partial charge in [-0.3, -0.25) is 0 Å². The van der Waals surface area contributed by atoms with E-state index in [1.165, 1.54) is 24.3 Å². The zero-order valence-corrected chi connectivity index (χ0v) is 11.4. The SMILES string of the molecule is COc1ccc(NC(C#N)c2ccc(C(F)F)cc2)cc1. The van der Waals surface area contributed by atoms with Gasteiger partial charge < -0.3 is 10.1 Å². The van der Waals surface area contributed by atoms with Gasteiger partial charge in [0.25, 0.3) is 6.43 Å². The van der Waals surface area contributed by atoms with Crippen molar-refractivity contribution in [1.29, 1.82) is 5.26 Å². The summed E-state index contributed by atoms with van der Waals surface area (Å²) >= 11 is 0. The summed E-state index contributed by atoms with van der Waals surface area (Å²) in [7, 11) is 1.57. The van der Waals surface area contributed by atoms with E-state index in [2.05, 4.69) is 11.4 Å². The molecule has 3 nitrogen and oxygen atoms in total. The van der Waals surface area contributed by atoms with E-state index in [4.69, 9.17) is 4.74 Å². The molecule has 1 unspecified atom stereocenters. The number of methoxy groups -OCH3 is 1. The van der Waals surface area contributed by atoms with Gasteiger partial charge in [0.2, 0.25) is 0 Å². The van der Waals surface area contributed by atoms with Crippen molar-refractivity contribution < 1.29 is 13.5 Å². The van der Waals surface area contributed by atoms with E-state index in [1.807, 2.05) is 0 Å². The number of hydrogen-bond acceptors (Lipinski definition) is 3. The monoisotopic (exact) mass is 288 g/mol. The normalized spacial score (nSPS) is 11.8. The van der Waals surface area contributed by atoms with Gasteiger partial charge in [-0.15, -0.1) is 0 Å². The van der Waals surface area contributed by atoms with Gasteiger partial charge in [-0.25, -0.2) is 8.78 Å². The van der Waals surface area contributed by atoms with Gasteiger partial charge >= 0.3 is 0 Å². The van der Waals surface area contributed by atoms with Crippen LogP contribution in [0.15, 0.2) is 48.5 Å². The smallest absolute Gasteiger partial charge is 0.263 e. The molecule has 0 bridgehead atoms. The summed E-state index contributed by atoms with van der Waals surface area (Å²) in [6.07, 6.45) is -2.51. The highest BCUT2D eigenvalue weighted by Crippen LogP contribution is 2.24. The first-order valence-corrected chi connectivity index (χ1v) is 6.32. The molecule has 108 valence electrons. The first-order valence-electron chi connectivity index (χ1n) is 6.32. The number of benzene rings is 2. The highest BCUT2D eigenvalue weighted by Gasteiger charge is 2.12. The summed E-state index contributed by atoms with van der Waals surface area (Å²) in [5.74, 6) is 0.718. The number of nitrogens with zero attached hydrogens (tertiary/aromatic N) is 1. The Kier molecular flexibility index (Phi) is 4.72. The van der Waals surface area contributed by atoms with Crippen LogP contribution in [0.4, 0.5) is 14.5 Å². The van der Waals surface area contributed by atoms with Crippen LogP contribution in [-0.2, 0) is 0 Å². The fourth-order valence-electron chi connectivity index (χ4n) is 1.88. The van der Waals surface area contributed by atoms with Crippen LogP contribution in [0.3, 0.4) is 0 Å². The first kappa shape index (κ1) is 14.8. The predicted octanol–water partition coefficient (Wildman–Crippen LogP) is 4.31. The first-order chi connectivity index (χ1) is 10.1. The third-order valence-electron chi connectivity index (χ3n) is 3.05. The molecule has 0 aliphatic heterocycles. The Balaban J connectivity index is 2.13. The van der Waals surface area contributed by atoms with Crippen LogP contribution in [0.1, 0.15) is 23.6 Å². The van der Waals surface area contributed by atoms with Gasteiger partial charge in [0.15, 0.2) is 0 Å².